The Kier molecular flexibility index (Phi) is 7.29. The number of rotatable bonds is 6. The molecule has 0 saturated carbocycles. The Balaban J connectivity index is 2.01. The van der Waals surface area contributed by atoms with Crippen LogP contribution in [0.4, 0.5) is 0 Å². The van der Waals surface area contributed by atoms with Gasteiger partial charge in [0.05, 0.1) is 13.1 Å². The van der Waals surface area contributed by atoms with Crippen LogP contribution >= 0.6 is 11.6 Å². The molecule has 5 nitrogen and oxygen atoms in total. The van der Waals surface area contributed by atoms with Gasteiger partial charge < -0.3 is 15.5 Å². The molecular formula is C19H23ClN4O. The maximum atomic E-state index is 11.8. The van der Waals surface area contributed by atoms with E-state index in [1.54, 1.807) is 19.0 Å². The molecule has 0 fully saturated rings. The summed E-state index contributed by atoms with van der Waals surface area (Å²) in [5.74, 6) is 0.566. The summed E-state index contributed by atoms with van der Waals surface area (Å²) in [5, 5.41) is 7.00. The number of nitrogens with zero attached hydrogens (tertiary/aromatic N) is 2. The molecule has 0 aliphatic rings. The molecule has 2 aromatic rings. The number of likely N-dealkylation sites (N-methyl/N-ethyl adjacent to an activating group) is 1. The summed E-state index contributed by atoms with van der Waals surface area (Å²) in [7, 11) is 3.45. The Bertz CT molecular complexity index is 716. The molecule has 2 N–H and O–H groups in total. The SMILES string of the molecule is CN(C)C(=O)CNC(=NCc1cccc(Cl)c1)NCc1ccccc1. The number of aliphatic imine (C=N–C) groups is 1. The third-order valence-corrected chi connectivity index (χ3v) is 3.75. The predicted octanol–water partition coefficient (Wildman–Crippen LogP) is 2.66. The number of halogens is 1. The van der Waals surface area contributed by atoms with Gasteiger partial charge in [-0.3, -0.25) is 4.79 Å². The first kappa shape index (κ1) is 18.8. The van der Waals surface area contributed by atoms with E-state index in [0.717, 1.165) is 11.1 Å². The zero-order valence-electron chi connectivity index (χ0n) is 14.5. The van der Waals surface area contributed by atoms with Gasteiger partial charge in [-0.05, 0) is 23.3 Å². The van der Waals surface area contributed by atoms with Gasteiger partial charge in [0.25, 0.3) is 0 Å². The Labute approximate surface area is 153 Å². The molecule has 6 heteroatoms. The molecule has 0 atom stereocenters. The van der Waals surface area contributed by atoms with Crippen LogP contribution in [0.1, 0.15) is 11.1 Å². The molecule has 0 saturated heterocycles. The maximum absolute atomic E-state index is 11.8. The van der Waals surface area contributed by atoms with Crippen molar-refractivity contribution in [3.05, 3.63) is 70.7 Å². The lowest BCUT2D eigenvalue weighted by Gasteiger charge is -2.15. The molecule has 0 aliphatic heterocycles. The van der Waals surface area contributed by atoms with E-state index in [0.29, 0.717) is 24.1 Å². The summed E-state index contributed by atoms with van der Waals surface area (Å²) in [6, 6.07) is 17.6. The highest BCUT2D eigenvalue weighted by molar-refractivity contribution is 6.30. The number of hydrogen-bond acceptors (Lipinski definition) is 2. The number of benzene rings is 2. The molecule has 0 heterocycles. The second-order valence-corrected chi connectivity index (χ2v) is 6.21. The van der Waals surface area contributed by atoms with Crippen LogP contribution in [-0.4, -0.2) is 37.4 Å². The van der Waals surface area contributed by atoms with Crippen molar-refractivity contribution >= 4 is 23.5 Å². The van der Waals surface area contributed by atoms with E-state index < -0.39 is 0 Å². The molecule has 0 aliphatic carbocycles. The van der Waals surface area contributed by atoms with E-state index >= 15 is 0 Å². The average Bonchev–Trinajstić information content (AvgIpc) is 2.61. The number of nitrogens with one attached hydrogen (secondary N) is 2. The first-order chi connectivity index (χ1) is 12.0. The Morgan fingerprint density at radius 3 is 2.44 bits per heavy atom. The number of hydrogen-bond donors (Lipinski definition) is 2. The lowest BCUT2D eigenvalue weighted by Crippen LogP contribution is -2.42. The minimum Gasteiger partial charge on any atom is -0.352 e. The number of carbonyl (C=O) groups is 1. The fourth-order valence-corrected chi connectivity index (χ4v) is 2.29. The molecule has 132 valence electrons. The van der Waals surface area contributed by atoms with Crippen molar-refractivity contribution in [3.8, 4) is 0 Å². The summed E-state index contributed by atoms with van der Waals surface area (Å²) in [5.41, 5.74) is 2.14. The summed E-state index contributed by atoms with van der Waals surface area (Å²) in [6.07, 6.45) is 0. The smallest absolute Gasteiger partial charge is 0.241 e. The van der Waals surface area contributed by atoms with E-state index in [9.17, 15) is 4.79 Å². The van der Waals surface area contributed by atoms with Crippen molar-refractivity contribution < 1.29 is 4.79 Å². The van der Waals surface area contributed by atoms with Gasteiger partial charge in [0, 0.05) is 25.7 Å². The molecule has 0 radical (unpaired) electrons. The van der Waals surface area contributed by atoms with Crippen molar-refractivity contribution in [1.82, 2.24) is 15.5 Å². The summed E-state index contributed by atoms with van der Waals surface area (Å²) >= 11 is 6.01. The number of guanidine groups is 1. The zero-order valence-corrected chi connectivity index (χ0v) is 15.3. The molecule has 0 unspecified atom stereocenters. The van der Waals surface area contributed by atoms with Crippen molar-refractivity contribution in [3.63, 3.8) is 0 Å². The highest BCUT2D eigenvalue weighted by Gasteiger charge is 2.06. The van der Waals surface area contributed by atoms with E-state index in [4.69, 9.17) is 11.6 Å². The minimum atomic E-state index is -0.0167. The second kappa shape index (κ2) is 9.69. The van der Waals surface area contributed by atoms with Gasteiger partial charge in [-0.1, -0.05) is 54.1 Å². The first-order valence-electron chi connectivity index (χ1n) is 8.05. The van der Waals surface area contributed by atoms with Crippen LogP contribution in [0.3, 0.4) is 0 Å². The molecule has 1 amide bonds. The van der Waals surface area contributed by atoms with Crippen LogP contribution in [0.5, 0.6) is 0 Å². The van der Waals surface area contributed by atoms with Crippen molar-refractivity contribution in [2.24, 2.45) is 4.99 Å². The van der Waals surface area contributed by atoms with Crippen LogP contribution in [0.15, 0.2) is 59.6 Å². The first-order valence-corrected chi connectivity index (χ1v) is 8.43. The molecular weight excluding hydrogens is 336 g/mol. The lowest BCUT2D eigenvalue weighted by atomic mass is 10.2. The van der Waals surface area contributed by atoms with Gasteiger partial charge in [0.2, 0.25) is 5.91 Å². The summed E-state index contributed by atoms with van der Waals surface area (Å²) in [4.78, 5) is 17.9. The molecule has 25 heavy (non-hydrogen) atoms. The average molecular weight is 359 g/mol. The highest BCUT2D eigenvalue weighted by Crippen LogP contribution is 2.11. The maximum Gasteiger partial charge on any atom is 0.241 e. The third kappa shape index (κ3) is 6.85. The fourth-order valence-electron chi connectivity index (χ4n) is 2.08. The van der Waals surface area contributed by atoms with Gasteiger partial charge in [0.1, 0.15) is 0 Å². The van der Waals surface area contributed by atoms with Crippen LogP contribution in [0.2, 0.25) is 5.02 Å². The topological polar surface area (TPSA) is 56.7 Å². The highest BCUT2D eigenvalue weighted by atomic mass is 35.5. The van der Waals surface area contributed by atoms with E-state index in [1.165, 1.54) is 0 Å². The Morgan fingerprint density at radius 1 is 1.04 bits per heavy atom. The molecule has 2 rings (SSSR count). The van der Waals surface area contributed by atoms with Crippen LogP contribution in [0.25, 0.3) is 0 Å². The summed E-state index contributed by atoms with van der Waals surface area (Å²) < 4.78 is 0. The third-order valence-electron chi connectivity index (χ3n) is 3.52. The standard InChI is InChI=1S/C19H23ClN4O/c1-24(2)18(25)14-23-19(21-12-15-7-4-3-5-8-15)22-13-16-9-6-10-17(20)11-16/h3-11H,12-14H2,1-2H3,(H2,21,22,23). The number of amides is 1. The van der Waals surface area contributed by atoms with Gasteiger partial charge in [-0.15, -0.1) is 0 Å². The Hall–Kier alpha value is -2.53. The fraction of sp³-hybridized carbons (Fsp3) is 0.263. The van der Waals surface area contributed by atoms with Crippen molar-refractivity contribution in [2.75, 3.05) is 20.6 Å². The van der Waals surface area contributed by atoms with Crippen LogP contribution < -0.4 is 10.6 Å². The normalized spacial score (nSPS) is 11.1. The number of carbonyl (C=O) groups excluding carboxylic acids is 1. The molecule has 0 spiro atoms. The monoisotopic (exact) mass is 358 g/mol. The van der Waals surface area contributed by atoms with E-state index in [2.05, 4.69) is 15.6 Å². The second-order valence-electron chi connectivity index (χ2n) is 5.78. The van der Waals surface area contributed by atoms with E-state index in [-0.39, 0.29) is 12.5 Å². The zero-order chi connectivity index (χ0) is 18.1. The predicted molar refractivity (Wildman–Crippen MR) is 103 cm³/mol. The van der Waals surface area contributed by atoms with Gasteiger partial charge in [0.15, 0.2) is 5.96 Å². The molecule has 0 aromatic heterocycles. The molecule has 0 bridgehead atoms. The van der Waals surface area contributed by atoms with Crippen molar-refractivity contribution in [2.45, 2.75) is 13.1 Å². The van der Waals surface area contributed by atoms with Crippen molar-refractivity contribution in [1.29, 1.82) is 0 Å². The largest absolute Gasteiger partial charge is 0.352 e. The minimum absolute atomic E-state index is 0.0167. The van der Waals surface area contributed by atoms with E-state index in [1.807, 2.05) is 54.6 Å². The summed E-state index contributed by atoms with van der Waals surface area (Å²) in [6.45, 7) is 1.28. The quantitative estimate of drug-likeness (QED) is 0.616. The Morgan fingerprint density at radius 2 is 1.76 bits per heavy atom. The molecule has 2 aromatic carbocycles. The van der Waals surface area contributed by atoms with Gasteiger partial charge >= 0.3 is 0 Å². The van der Waals surface area contributed by atoms with Gasteiger partial charge in [-0.25, -0.2) is 4.99 Å². The van der Waals surface area contributed by atoms with Gasteiger partial charge in [-0.2, -0.15) is 0 Å². The van der Waals surface area contributed by atoms with Crippen LogP contribution in [0, 0.1) is 0 Å². The van der Waals surface area contributed by atoms with Crippen LogP contribution in [-0.2, 0) is 17.9 Å². The lowest BCUT2D eigenvalue weighted by molar-refractivity contribution is -0.127.